The molecule has 0 heterocycles. The summed E-state index contributed by atoms with van der Waals surface area (Å²) in [5.41, 5.74) is 0.970. The summed E-state index contributed by atoms with van der Waals surface area (Å²) < 4.78 is 5.57. The van der Waals surface area contributed by atoms with Crippen LogP contribution in [0.3, 0.4) is 0 Å². The van der Waals surface area contributed by atoms with Crippen LogP contribution in [0, 0.1) is 0 Å². The average Bonchev–Trinajstić information content (AvgIpc) is 2.35. The summed E-state index contributed by atoms with van der Waals surface area (Å²) in [5.74, 6) is 0.524. The smallest absolute Gasteiger partial charge is 0.156 e. The van der Waals surface area contributed by atoms with Gasteiger partial charge < -0.3 is 15.2 Å². The van der Waals surface area contributed by atoms with Gasteiger partial charge in [0.05, 0.1) is 22.8 Å². The molecular weight excluding hydrogens is 285 g/mol. The SMILES string of the molecule is CC[C@H](CO)NCc1cc(Cl)c(OC(C)C)c(Cl)c1. The van der Waals surface area contributed by atoms with E-state index in [1.807, 2.05) is 32.9 Å². The van der Waals surface area contributed by atoms with Gasteiger partial charge in [-0.25, -0.2) is 0 Å². The molecular formula is C14H21Cl2NO2. The lowest BCUT2D eigenvalue weighted by Gasteiger charge is -2.16. The number of nitrogens with one attached hydrogen (secondary N) is 1. The molecule has 0 amide bonds. The number of aliphatic hydroxyl groups excluding tert-OH is 1. The van der Waals surface area contributed by atoms with Crippen LogP contribution in [0.1, 0.15) is 32.8 Å². The van der Waals surface area contributed by atoms with Crippen molar-refractivity contribution in [3.63, 3.8) is 0 Å². The Morgan fingerprint density at radius 1 is 1.26 bits per heavy atom. The third kappa shape index (κ3) is 5.19. The second-order valence-electron chi connectivity index (χ2n) is 4.72. The van der Waals surface area contributed by atoms with E-state index in [2.05, 4.69) is 5.32 Å². The van der Waals surface area contributed by atoms with Gasteiger partial charge in [0.25, 0.3) is 0 Å². The molecule has 0 fully saturated rings. The van der Waals surface area contributed by atoms with Gasteiger partial charge in [0.15, 0.2) is 5.75 Å². The molecule has 19 heavy (non-hydrogen) atoms. The van der Waals surface area contributed by atoms with E-state index >= 15 is 0 Å². The van der Waals surface area contributed by atoms with E-state index in [1.165, 1.54) is 0 Å². The molecule has 0 bridgehead atoms. The molecule has 0 radical (unpaired) electrons. The first kappa shape index (κ1) is 16.6. The molecule has 0 unspecified atom stereocenters. The normalized spacial score (nSPS) is 12.8. The van der Waals surface area contributed by atoms with Gasteiger partial charge in [-0.3, -0.25) is 0 Å². The van der Waals surface area contributed by atoms with Gasteiger partial charge in [-0.05, 0) is 38.0 Å². The van der Waals surface area contributed by atoms with Crippen molar-refractivity contribution in [3.8, 4) is 5.75 Å². The van der Waals surface area contributed by atoms with E-state index in [4.69, 9.17) is 33.0 Å². The Hall–Kier alpha value is -0.480. The second kappa shape index (κ2) is 7.95. The monoisotopic (exact) mass is 305 g/mol. The number of aliphatic hydroxyl groups is 1. The summed E-state index contributed by atoms with van der Waals surface area (Å²) in [6, 6.07) is 3.76. The zero-order valence-corrected chi connectivity index (χ0v) is 13.1. The van der Waals surface area contributed by atoms with Crippen LogP contribution in [0.5, 0.6) is 5.75 Å². The summed E-state index contributed by atoms with van der Waals surface area (Å²) >= 11 is 12.4. The molecule has 0 saturated heterocycles. The molecule has 5 heteroatoms. The van der Waals surface area contributed by atoms with Crippen LogP contribution in [0.15, 0.2) is 12.1 Å². The fourth-order valence-electron chi connectivity index (χ4n) is 1.66. The molecule has 1 aromatic rings. The number of hydrogen-bond acceptors (Lipinski definition) is 3. The van der Waals surface area contributed by atoms with Crippen molar-refractivity contribution in [1.82, 2.24) is 5.32 Å². The molecule has 0 aromatic heterocycles. The maximum absolute atomic E-state index is 9.12. The maximum Gasteiger partial charge on any atom is 0.156 e. The standard InChI is InChI=1S/C14H21Cl2NO2/c1-4-11(8-18)17-7-10-5-12(15)14(13(16)6-10)19-9(2)3/h5-6,9,11,17-18H,4,7-8H2,1-3H3/t11-/m1/s1. The lowest BCUT2D eigenvalue weighted by Crippen LogP contribution is -2.31. The number of rotatable bonds is 7. The van der Waals surface area contributed by atoms with Gasteiger partial charge in [-0.1, -0.05) is 30.1 Å². The Kier molecular flexibility index (Phi) is 6.94. The molecule has 108 valence electrons. The van der Waals surface area contributed by atoms with Crippen LogP contribution >= 0.6 is 23.2 Å². The van der Waals surface area contributed by atoms with Crippen molar-refractivity contribution >= 4 is 23.2 Å². The van der Waals surface area contributed by atoms with Crippen LogP contribution in [0.2, 0.25) is 10.0 Å². The fourth-order valence-corrected chi connectivity index (χ4v) is 2.28. The van der Waals surface area contributed by atoms with Gasteiger partial charge in [0.1, 0.15) is 0 Å². The molecule has 0 saturated carbocycles. The van der Waals surface area contributed by atoms with Crippen LogP contribution in [-0.2, 0) is 6.54 Å². The minimum absolute atomic E-state index is 0.0258. The van der Waals surface area contributed by atoms with Crippen molar-refractivity contribution in [2.45, 2.75) is 45.9 Å². The number of ether oxygens (including phenoxy) is 1. The first-order valence-corrected chi connectivity index (χ1v) is 7.22. The third-order valence-electron chi connectivity index (χ3n) is 2.72. The number of hydrogen-bond donors (Lipinski definition) is 2. The minimum atomic E-state index is 0.0258. The predicted octanol–water partition coefficient (Wildman–Crippen LogP) is 3.64. The summed E-state index contributed by atoms with van der Waals surface area (Å²) in [4.78, 5) is 0. The highest BCUT2D eigenvalue weighted by Gasteiger charge is 2.12. The Morgan fingerprint density at radius 2 is 1.84 bits per heavy atom. The summed E-state index contributed by atoms with van der Waals surface area (Å²) in [6.07, 6.45) is 0.893. The van der Waals surface area contributed by atoms with Crippen molar-refractivity contribution in [2.75, 3.05) is 6.61 Å². The zero-order chi connectivity index (χ0) is 14.4. The van der Waals surface area contributed by atoms with E-state index in [0.29, 0.717) is 22.3 Å². The lowest BCUT2D eigenvalue weighted by molar-refractivity contribution is 0.238. The van der Waals surface area contributed by atoms with Gasteiger partial charge in [0.2, 0.25) is 0 Å². The first-order valence-electron chi connectivity index (χ1n) is 6.46. The number of halogens is 2. The van der Waals surface area contributed by atoms with Gasteiger partial charge in [-0.2, -0.15) is 0 Å². The Labute approximate surface area is 124 Å². The molecule has 1 atom stereocenters. The molecule has 0 aliphatic rings. The zero-order valence-electron chi connectivity index (χ0n) is 11.5. The van der Waals surface area contributed by atoms with E-state index < -0.39 is 0 Å². The van der Waals surface area contributed by atoms with E-state index in [0.717, 1.165) is 12.0 Å². The Balaban J connectivity index is 2.77. The molecule has 1 aromatic carbocycles. The molecule has 0 aliphatic carbocycles. The molecule has 2 N–H and O–H groups in total. The fraction of sp³-hybridized carbons (Fsp3) is 0.571. The first-order chi connectivity index (χ1) is 8.97. The van der Waals surface area contributed by atoms with E-state index in [1.54, 1.807) is 0 Å². The lowest BCUT2D eigenvalue weighted by atomic mass is 10.2. The van der Waals surface area contributed by atoms with Crippen molar-refractivity contribution < 1.29 is 9.84 Å². The van der Waals surface area contributed by atoms with Crippen LogP contribution < -0.4 is 10.1 Å². The summed E-state index contributed by atoms with van der Waals surface area (Å²) in [7, 11) is 0. The highest BCUT2D eigenvalue weighted by Crippen LogP contribution is 2.34. The molecule has 0 spiro atoms. The molecule has 0 aliphatic heterocycles. The van der Waals surface area contributed by atoms with Crippen LogP contribution in [0.25, 0.3) is 0 Å². The van der Waals surface area contributed by atoms with E-state index in [9.17, 15) is 0 Å². The van der Waals surface area contributed by atoms with Gasteiger partial charge in [-0.15, -0.1) is 0 Å². The summed E-state index contributed by atoms with van der Waals surface area (Å²) in [5, 5.41) is 13.4. The van der Waals surface area contributed by atoms with Crippen LogP contribution in [0.4, 0.5) is 0 Å². The van der Waals surface area contributed by atoms with Gasteiger partial charge >= 0.3 is 0 Å². The summed E-state index contributed by atoms with van der Waals surface area (Å²) in [6.45, 7) is 6.60. The van der Waals surface area contributed by atoms with Gasteiger partial charge in [0, 0.05) is 12.6 Å². The predicted molar refractivity (Wildman–Crippen MR) is 80.2 cm³/mol. The average molecular weight is 306 g/mol. The third-order valence-corrected chi connectivity index (χ3v) is 3.28. The minimum Gasteiger partial charge on any atom is -0.488 e. The number of benzene rings is 1. The quantitative estimate of drug-likeness (QED) is 0.808. The highest BCUT2D eigenvalue weighted by molar-refractivity contribution is 6.37. The topological polar surface area (TPSA) is 41.5 Å². The Morgan fingerprint density at radius 3 is 2.26 bits per heavy atom. The molecule has 1 rings (SSSR count). The highest BCUT2D eigenvalue weighted by atomic mass is 35.5. The van der Waals surface area contributed by atoms with Crippen molar-refractivity contribution in [2.24, 2.45) is 0 Å². The molecule has 3 nitrogen and oxygen atoms in total. The largest absolute Gasteiger partial charge is 0.488 e. The van der Waals surface area contributed by atoms with Crippen LogP contribution in [-0.4, -0.2) is 23.9 Å². The Bertz CT molecular complexity index is 383. The second-order valence-corrected chi connectivity index (χ2v) is 5.54. The van der Waals surface area contributed by atoms with Crippen molar-refractivity contribution in [3.05, 3.63) is 27.7 Å². The van der Waals surface area contributed by atoms with E-state index in [-0.39, 0.29) is 18.8 Å². The van der Waals surface area contributed by atoms with Crippen molar-refractivity contribution in [1.29, 1.82) is 0 Å². The maximum atomic E-state index is 9.12.